The Morgan fingerprint density at radius 2 is 1.91 bits per heavy atom. The number of sulfone groups is 1. The zero-order valence-corrected chi connectivity index (χ0v) is 17.0. The van der Waals surface area contributed by atoms with Crippen LogP contribution in [-0.4, -0.2) is 57.0 Å². The van der Waals surface area contributed by atoms with Crippen LogP contribution in [0.3, 0.4) is 0 Å². The van der Waals surface area contributed by atoms with E-state index in [2.05, 4.69) is 22.1 Å². The molecule has 1 aliphatic carbocycles. The first kappa shape index (κ1) is 20.0. The molecular formula is C15H30IN3O2S. The lowest BCUT2D eigenvalue weighted by Crippen LogP contribution is -2.41. The number of hydrogen-bond donors (Lipinski definition) is 1. The monoisotopic (exact) mass is 443 g/mol. The molecule has 1 heterocycles. The number of aliphatic imine (C=N–C) groups is 1. The van der Waals surface area contributed by atoms with E-state index in [1.165, 1.54) is 32.1 Å². The van der Waals surface area contributed by atoms with Gasteiger partial charge in [-0.25, -0.2) is 8.42 Å². The quantitative estimate of drug-likeness (QED) is 0.403. The molecular weight excluding hydrogens is 413 g/mol. The molecule has 2 rings (SSSR count). The molecule has 0 atom stereocenters. The minimum Gasteiger partial charge on any atom is -0.357 e. The lowest BCUT2D eigenvalue weighted by molar-refractivity contribution is 0.309. The molecule has 7 heteroatoms. The lowest BCUT2D eigenvalue weighted by atomic mass is 9.86. The summed E-state index contributed by atoms with van der Waals surface area (Å²) in [6, 6.07) is 0. The third-order valence-electron chi connectivity index (χ3n) is 4.84. The Balaban J connectivity index is 0.00000242. The average Bonchev–Trinajstić information content (AvgIpc) is 3.09. The predicted molar refractivity (Wildman–Crippen MR) is 103 cm³/mol. The van der Waals surface area contributed by atoms with E-state index < -0.39 is 9.84 Å². The molecule has 130 valence electrons. The van der Waals surface area contributed by atoms with Gasteiger partial charge in [0.2, 0.25) is 0 Å². The van der Waals surface area contributed by atoms with E-state index >= 15 is 0 Å². The van der Waals surface area contributed by atoms with E-state index in [0.29, 0.717) is 12.0 Å². The molecule has 0 aromatic carbocycles. The molecule has 1 saturated heterocycles. The van der Waals surface area contributed by atoms with Crippen molar-refractivity contribution in [3.63, 3.8) is 0 Å². The Morgan fingerprint density at radius 1 is 1.23 bits per heavy atom. The fraction of sp³-hybridized carbons (Fsp3) is 0.933. The second kappa shape index (κ2) is 8.70. The Labute approximate surface area is 152 Å². The van der Waals surface area contributed by atoms with Gasteiger partial charge in [0.05, 0.1) is 12.3 Å². The van der Waals surface area contributed by atoms with Gasteiger partial charge in [-0.05, 0) is 31.6 Å². The summed E-state index contributed by atoms with van der Waals surface area (Å²) in [5.74, 6) is 1.25. The molecule has 22 heavy (non-hydrogen) atoms. The Bertz CT molecular complexity index is 473. The predicted octanol–water partition coefficient (Wildman–Crippen LogP) is 2.27. The van der Waals surface area contributed by atoms with Crippen molar-refractivity contribution in [1.82, 2.24) is 10.2 Å². The maximum absolute atomic E-state index is 11.6. The highest BCUT2D eigenvalue weighted by molar-refractivity contribution is 14.0. The van der Waals surface area contributed by atoms with Gasteiger partial charge in [0, 0.05) is 25.4 Å². The first-order chi connectivity index (χ1) is 10.0. The molecule has 0 aromatic rings. The Kier molecular flexibility index (Phi) is 7.91. The molecule has 1 aliphatic heterocycles. The second-order valence-corrected chi connectivity index (χ2v) is 8.82. The van der Waals surface area contributed by atoms with E-state index in [1.807, 2.05) is 0 Å². The summed E-state index contributed by atoms with van der Waals surface area (Å²) in [6.45, 7) is 7.06. The highest BCUT2D eigenvalue weighted by Crippen LogP contribution is 2.45. The molecule has 1 saturated carbocycles. The van der Waals surface area contributed by atoms with Crippen molar-refractivity contribution >= 4 is 39.8 Å². The van der Waals surface area contributed by atoms with Crippen LogP contribution in [0.25, 0.3) is 0 Å². The number of guanidine groups is 1. The largest absolute Gasteiger partial charge is 0.357 e. The van der Waals surface area contributed by atoms with Crippen LogP contribution in [0, 0.1) is 5.41 Å². The molecule has 5 nitrogen and oxygen atoms in total. The van der Waals surface area contributed by atoms with Crippen LogP contribution in [0.4, 0.5) is 0 Å². The summed E-state index contributed by atoms with van der Waals surface area (Å²) in [7, 11) is -2.93. The van der Waals surface area contributed by atoms with Gasteiger partial charge >= 0.3 is 0 Å². The van der Waals surface area contributed by atoms with E-state index in [4.69, 9.17) is 0 Å². The van der Waals surface area contributed by atoms with Gasteiger partial charge in [0.25, 0.3) is 0 Å². The smallest absolute Gasteiger partial charge is 0.193 e. The SMILES string of the molecule is CCNC(=NCCS(=O)(=O)CC)N1CCC2(CCCC2)C1.I. The van der Waals surface area contributed by atoms with Gasteiger partial charge in [-0.1, -0.05) is 19.8 Å². The molecule has 1 N–H and O–H groups in total. The number of likely N-dealkylation sites (tertiary alicyclic amines) is 1. The van der Waals surface area contributed by atoms with Crippen molar-refractivity contribution in [1.29, 1.82) is 0 Å². The van der Waals surface area contributed by atoms with Gasteiger partial charge in [0.15, 0.2) is 15.8 Å². The number of halogens is 1. The average molecular weight is 443 g/mol. The van der Waals surface area contributed by atoms with E-state index in [1.54, 1.807) is 6.92 Å². The minimum absolute atomic E-state index is 0. The van der Waals surface area contributed by atoms with Crippen LogP contribution in [0.5, 0.6) is 0 Å². The van der Waals surface area contributed by atoms with Crippen molar-refractivity contribution < 1.29 is 8.42 Å². The van der Waals surface area contributed by atoms with Crippen molar-refractivity contribution in [2.75, 3.05) is 37.7 Å². The summed E-state index contributed by atoms with van der Waals surface area (Å²) in [4.78, 5) is 6.86. The molecule has 0 amide bonds. The summed E-state index contributed by atoms with van der Waals surface area (Å²) in [6.07, 6.45) is 6.65. The van der Waals surface area contributed by atoms with Crippen LogP contribution in [0.2, 0.25) is 0 Å². The van der Waals surface area contributed by atoms with Crippen LogP contribution < -0.4 is 5.32 Å². The fourth-order valence-corrected chi connectivity index (χ4v) is 4.17. The first-order valence-corrected chi connectivity index (χ1v) is 10.1. The second-order valence-electron chi connectivity index (χ2n) is 6.35. The minimum atomic E-state index is -2.93. The molecule has 0 radical (unpaired) electrons. The third kappa shape index (κ3) is 5.25. The van der Waals surface area contributed by atoms with Crippen molar-refractivity contribution in [2.24, 2.45) is 10.4 Å². The van der Waals surface area contributed by atoms with Crippen molar-refractivity contribution in [2.45, 2.75) is 46.0 Å². The normalized spacial score (nSPS) is 21.2. The highest BCUT2D eigenvalue weighted by Gasteiger charge is 2.41. The first-order valence-electron chi connectivity index (χ1n) is 8.24. The molecule has 0 unspecified atom stereocenters. The Hall–Kier alpha value is -0.0500. The molecule has 2 aliphatic rings. The summed E-state index contributed by atoms with van der Waals surface area (Å²) in [5.41, 5.74) is 0.506. The zero-order valence-electron chi connectivity index (χ0n) is 13.8. The topological polar surface area (TPSA) is 61.8 Å². The summed E-state index contributed by atoms with van der Waals surface area (Å²) < 4.78 is 23.1. The Morgan fingerprint density at radius 3 is 2.50 bits per heavy atom. The molecule has 0 bridgehead atoms. The van der Waals surface area contributed by atoms with Crippen LogP contribution in [-0.2, 0) is 9.84 Å². The van der Waals surface area contributed by atoms with Crippen LogP contribution in [0.15, 0.2) is 4.99 Å². The number of hydrogen-bond acceptors (Lipinski definition) is 3. The summed E-state index contributed by atoms with van der Waals surface area (Å²) >= 11 is 0. The number of rotatable bonds is 5. The molecule has 2 fully saturated rings. The third-order valence-corrected chi connectivity index (χ3v) is 6.52. The molecule has 1 spiro atoms. The maximum Gasteiger partial charge on any atom is 0.193 e. The fourth-order valence-electron chi connectivity index (χ4n) is 3.51. The maximum atomic E-state index is 11.6. The van der Waals surface area contributed by atoms with Crippen LogP contribution in [0.1, 0.15) is 46.0 Å². The van der Waals surface area contributed by atoms with Gasteiger partial charge in [-0.3, -0.25) is 4.99 Å². The number of nitrogens with one attached hydrogen (secondary N) is 1. The molecule has 0 aromatic heterocycles. The van der Waals surface area contributed by atoms with Crippen molar-refractivity contribution in [3.05, 3.63) is 0 Å². The van der Waals surface area contributed by atoms with E-state index in [0.717, 1.165) is 25.6 Å². The van der Waals surface area contributed by atoms with Crippen LogP contribution >= 0.6 is 24.0 Å². The van der Waals surface area contributed by atoms with Gasteiger partial charge in [-0.15, -0.1) is 24.0 Å². The van der Waals surface area contributed by atoms with Crippen molar-refractivity contribution in [3.8, 4) is 0 Å². The lowest BCUT2D eigenvalue weighted by Gasteiger charge is -2.25. The standard InChI is InChI=1S/C15H29N3O2S.HI/c1-3-16-14(17-10-12-21(19,20)4-2)18-11-9-15(13-18)7-5-6-8-15;/h3-13H2,1-2H3,(H,16,17);1H. The van der Waals surface area contributed by atoms with Gasteiger partial charge < -0.3 is 10.2 Å². The highest BCUT2D eigenvalue weighted by atomic mass is 127. The van der Waals surface area contributed by atoms with E-state index in [-0.39, 0.29) is 35.5 Å². The van der Waals surface area contributed by atoms with Gasteiger partial charge in [0.1, 0.15) is 0 Å². The van der Waals surface area contributed by atoms with E-state index in [9.17, 15) is 8.42 Å². The van der Waals surface area contributed by atoms with Gasteiger partial charge in [-0.2, -0.15) is 0 Å². The summed E-state index contributed by atoms with van der Waals surface area (Å²) in [5, 5.41) is 3.32. The number of nitrogens with zero attached hydrogens (tertiary/aromatic N) is 2. The zero-order chi connectivity index (χ0) is 15.3.